The summed E-state index contributed by atoms with van der Waals surface area (Å²) in [5.74, 6) is -10.5. The van der Waals surface area contributed by atoms with Gasteiger partial charge < -0.3 is 49.5 Å². The van der Waals surface area contributed by atoms with Crippen LogP contribution in [0.15, 0.2) is 47.6 Å². The Kier molecular flexibility index (Phi) is 23.6. The number of aliphatic hydroxyl groups is 2. The number of carbonyl (C=O) groups is 7. The van der Waals surface area contributed by atoms with Crippen LogP contribution < -0.4 is 11.2 Å². The van der Waals surface area contributed by atoms with E-state index in [2.05, 4.69) is 5.48 Å². The van der Waals surface area contributed by atoms with Gasteiger partial charge in [-0.2, -0.15) is 0 Å². The van der Waals surface area contributed by atoms with Gasteiger partial charge in [-0.25, -0.2) is 14.4 Å². The minimum Gasteiger partial charge on any atom is -0.460 e. The summed E-state index contributed by atoms with van der Waals surface area (Å²) in [5, 5.41) is 33.4. The molecule has 15 atom stereocenters. The summed E-state index contributed by atoms with van der Waals surface area (Å²) in [4.78, 5) is 107. The van der Waals surface area contributed by atoms with Gasteiger partial charge in [0.05, 0.1) is 31.2 Å². The number of carbonyl (C=O) groups excluding carboxylic acids is 7. The molecule has 0 aromatic carbocycles. The Balaban J connectivity index is 1.72. The number of methoxy groups -OCH3 is 2. The lowest BCUT2D eigenvalue weighted by Gasteiger charge is -2.43. The quantitative estimate of drug-likeness (QED) is 0.0862. The van der Waals surface area contributed by atoms with Gasteiger partial charge in [0.15, 0.2) is 5.78 Å². The number of cyclic esters (lactones) is 1. The number of ether oxygens (including phenoxy) is 4. The van der Waals surface area contributed by atoms with Crippen LogP contribution in [-0.2, 0) is 57.4 Å². The van der Waals surface area contributed by atoms with Crippen LogP contribution in [0.4, 0.5) is 4.79 Å². The molecule has 0 aromatic rings. The molecule has 20 nitrogen and oxygen atoms in total. The number of fused-ring (bicyclic) bond motifs is 3. The zero-order valence-corrected chi connectivity index (χ0v) is 44.4. The summed E-state index contributed by atoms with van der Waals surface area (Å²) < 4.78 is 23.7. The predicted molar refractivity (Wildman–Crippen MR) is 265 cm³/mol. The highest BCUT2D eigenvalue weighted by Crippen LogP contribution is 2.39. The number of amides is 2. The van der Waals surface area contributed by atoms with Crippen LogP contribution in [0.2, 0.25) is 0 Å². The Hall–Kier alpha value is -4.67. The Bertz CT molecular complexity index is 2060. The number of nitrogens with zero attached hydrogens (tertiary/aromatic N) is 2. The van der Waals surface area contributed by atoms with E-state index in [-0.39, 0.29) is 55.6 Å². The fourth-order valence-corrected chi connectivity index (χ4v) is 10.6. The third kappa shape index (κ3) is 16.9. The van der Waals surface area contributed by atoms with Gasteiger partial charge >= 0.3 is 18.0 Å². The van der Waals surface area contributed by atoms with Gasteiger partial charge in [0.2, 0.25) is 5.79 Å². The lowest BCUT2D eigenvalue weighted by molar-refractivity contribution is -0.306. The highest BCUT2D eigenvalue weighted by atomic mass is 16.9. The van der Waals surface area contributed by atoms with Crippen LogP contribution in [0.25, 0.3) is 0 Å². The second-order valence-corrected chi connectivity index (χ2v) is 20.9. The monoisotopic (exact) mass is 1030 g/mol. The highest BCUT2D eigenvalue weighted by Gasteiger charge is 2.53. The summed E-state index contributed by atoms with van der Waals surface area (Å²) in [6.45, 7) is 12.2. The minimum atomic E-state index is -2.57. The molecule has 3 fully saturated rings. The smallest absolute Gasteiger partial charge is 0.423 e. The lowest BCUT2D eigenvalue weighted by Crippen LogP contribution is -2.61. The molecule has 3 aliphatic heterocycles. The summed E-state index contributed by atoms with van der Waals surface area (Å²) in [6, 6.07) is -1.95. The molecule has 0 aromatic heterocycles. The number of ketones is 3. The molecule has 4 aliphatic rings. The van der Waals surface area contributed by atoms with Crippen molar-refractivity contribution in [2.75, 3.05) is 27.8 Å². The second kappa shape index (κ2) is 28.3. The van der Waals surface area contributed by atoms with Crippen molar-refractivity contribution in [3.63, 3.8) is 0 Å². The van der Waals surface area contributed by atoms with E-state index in [1.54, 1.807) is 58.9 Å². The first kappa shape index (κ1) is 60.9. The number of nitrogens with one attached hydrogen (secondary N) is 1. The average molecular weight is 1030 g/mol. The first-order valence-corrected chi connectivity index (χ1v) is 25.7. The Labute approximate surface area is 429 Å². The Morgan fingerprint density at radius 3 is 2.32 bits per heavy atom. The molecular weight excluding hydrogens is 949 g/mol. The molecule has 3 heterocycles. The highest BCUT2D eigenvalue weighted by molar-refractivity contribution is 6.39. The third-order valence-corrected chi connectivity index (χ3v) is 15.1. The predicted octanol–water partition coefficient (Wildman–Crippen LogP) is 5.17. The fraction of sp³-hybridized carbons (Fsp3) is 0.717. The molecule has 73 heavy (non-hydrogen) atoms. The van der Waals surface area contributed by atoms with Crippen LogP contribution in [0.3, 0.4) is 0 Å². The van der Waals surface area contributed by atoms with Crippen molar-refractivity contribution in [2.24, 2.45) is 47.2 Å². The van der Waals surface area contributed by atoms with Crippen LogP contribution in [0.5, 0.6) is 0 Å². The summed E-state index contributed by atoms with van der Waals surface area (Å²) in [7, 11) is 4.01. The maximum Gasteiger partial charge on any atom is 0.423 e. The van der Waals surface area contributed by atoms with Crippen LogP contribution in [0, 0.1) is 41.4 Å². The first-order valence-electron chi connectivity index (χ1n) is 25.7. The number of hydrogen-bond acceptors (Lipinski definition) is 18. The van der Waals surface area contributed by atoms with E-state index < -0.39 is 108 Å². The van der Waals surface area contributed by atoms with Crippen molar-refractivity contribution in [3.8, 4) is 0 Å². The Morgan fingerprint density at radius 1 is 0.945 bits per heavy atom. The number of piperidine rings is 1. The second-order valence-electron chi connectivity index (χ2n) is 20.9. The number of Topliss-reactive ketones (excluding diaryl/α,β-unsaturated/α-hetero) is 3. The molecular formula is C53H82N4O16. The largest absolute Gasteiger partial charge is 0.460 e. The van der Waals surface area contributed by atoms with Crippen LogP contribution in [-0.4, -0.2) is 143 Å². The maximum absolute atomic E-state index is 14.5. The van der Waals surface area contributed by atoms with Crippen molar-refractivity contribution >= 4 is 41.3 Å². The minimum absolute atomic E-state index is 0.00275. The fourth-order valence-electron chi connectivity index (χ4n) is 10.6. The molecule has 0 radical (unpaired) electrons. The topological polar surface area (TPSA) is 280 Å². The Morgan fingerprint density at radius 2 is 1.66 bits per heavy atom. The molecule has 2 bridgehead atoms. The molecule has 0 spiro atoms. The number of hydroxylamine groups is 3. The van der Waals surface area contributed by atoms with E-state index in [9.17, 15) is 49.0 Å². The number of hydrogen-bond donors (Lipinski definition) is 5. The number of aliphatic hydroxyl groups excluding tert-OH is 1. The molecule has 0 unspecified atom stereocenters. The van der Waals surface area contributed by atoms with Gasteiger partial charge in [0, 0.05) is 44.9 Å². The molecule has 1 saturated carbocycles. The zero-order valence-electron chi connectivity index (χ0n) is 44.4. The van der Waals surface area contributed by atoms with Crippen molar-refractivity contribution in [2.45, 2.75) is 174 Å². The van der Waals surface area contributed by atoms with E-state index >= 15 is 0 Å². The van der Waals surface area contributed by atoms with E-state index in [1.165, 1.54) is 21.3 Å². The van der Waals surface area contributed by atoms with Crippen molar-refractivity contribution < 1.29 is 77.6 Å². The van der Waals surface area contributed by atoms with Gasteiger partial charge in [0.25, 0.3) is 11.7 Å². The van der Waals surface area contributed by atoms with Gasteiger partial charge in [-0.1, -0.05) is 76.6 Å². The van der Waals surface area contributed by atoms with Crippen LogP contribution in [0.1, 0.15) is 126 Å². The first-order chi connectivity index (χ1) is 34.4. The number of allylic oxidation sites excluding steroid dienone is 6. The van der Waals surface area contributed by atoms with Gasteiger partial charge in [-0.15, -0.1) is 5.48 Å². The summed E-state index contributed by atoms with van der Waals surface area (Å²) in [5.41, 5.74) is 8.93. The maximum atomic E-state index is 14.5. The summed E-state index contributed by atoms with van der Waals surface area (Å²) >= 11 is 0. The molecule has 20 heteroatoms. The van der Waals surface area contributed by atoms with E-state index in [0.29, 0.717) is 67.7 Å². The van der Waals surface area contributed by atoms with Crippen molar-refractivity contribution in [1.29, 1.82) is 0 Å². The number of nitrogens with two attached hydrogens (primary N) is 1. The molecule has 4 rings (SSSR count). The number of esters is 1. The van der Waals surface area contributed by atoms with Gasteiger partial charge in [0.1, 0.15) is 30.1 Å². The average Bonchev–Trinajstić information content (AvgIpc) is 3.34. The number of rotatable bonds is 9. The van der Waals surface area contributed by atoms with Crippen molar-refractivity contribution in [3.05, 3.63) is 47.6 Å². The number of primary amides is 1. The van der Waals surface area contributed by atoms with E-state index in [0.717, 1.165) is 4.90 Å². The molecule has 410 valence electrons. The third-order valence-electron chi connectivity index (χ3n) is 15.1. The van der Waals surface area contributed by atoms with Gasteiger partial charge in [-0.3, -0.25) is 24.4 Å². The van der Waals surface area contributed by atoms with E-state index in [4.69, 9.17) is 34.4 Å². The lowest BCUT2D eigenvalue weighted by atomic mass is 9.75. The summed E-state index contributed by atoms with van der Waals surface area (Å²) in [6.07, 6.45) is 8.37. The molecule has 1 aliphatic carbocycles. The SMILES string of the molecule is CO[C@@H]1C[C@H](C[C@@H](C)[C@@H]2CC(=O)[C@H](C)/C=C(\C)[C@@H](O)[C@@H](OC)C(=O)[C@H](C)C[C@H](C)/C=C/C=C/C=C(\C)[C@@H](NOC(N)=O)C[C@@H]3CC[C@@H](C)[C@@](O)(O3)C(=O)C(=O)N3CCCC[C@H]3C(=O)O2)CC[C@H]1C(=O)ON(C)O. The zero-order chi connectivity index (χ0) is 54.3. The molecule has 2 saturated heterocycles. The molecule has 2 amide bonds. The normalized spacial score (nSPS) is 37.2. The van der Waals surface area contributed by atoms with Crippen molar-refractivity contribution in [1.82, 2.24) is 15.6 Å². The van der Waals surface area contributed by atoms with E-state index in [1.807, 2.05) is 26.0 Å². The molecule has 6 N–H and O–H groups in total. The van der Waals surface area contributed by atoms with Crippen LogP contribution >= 0.6 is 0 Å². The van der Waals surface area contributed by atoms with Gasteiger partial charge in [-0.05, 0) is 113 Å². The standard InChI is InChI=1S/C53H82N4O16/c1-30-16-12-11-13-17-31(2)40(55-72-52(54)65)28-38-21-19-36(7)53(66,71-38)48(61)49(62)57-23-15-14-18-41(57)51(64)70-43(33(4)26-37-20-22-39(44(27-37)68-9)50(63)73-56(8)67)29-42(58)32(3)25-35(6)46(60)47(69-10)45(59)34(5)24-30/h11-13,16-17,25,30,32-34,36-41,43-44,46-47,55,60,66-67H,14-15,18-24,26-29H2,1-10H3,(H2,54,65)/b13-11+,16-12+,31-17+,35-25+/t30-,32-,33-,34-,36-,37+,38+,39-,40+,41+,43+,44-,46-,47+,53-/m1/s1.